The first kappa shape index (κ1) is 23.8. The molecule has 0 aliphatic carbocycles. The van der Waals surface area contributed by atoms with Gasteiger partial charge in [0.25, 0.3) is 0 Å². The van der Waals surface area contributed by atoms with Crippen molar-refractivity contribution in [1.82, 2.24) is 4.90 Å². The average Bonchev–Trinajstić information content (AvgIpc) is 2.82. The van der Waals surface area contributed by atoms with E-state index in [0.717, 1.165) is 0 Å². The fraction of sp³-hybridized carbons (Fsp3) is 0.750. The molecule has 5 atom stereocenters. The zero-order chi connectivity index (χ0) is 17.8. The van der Waals surface area contributed by atoms with E-state index in [-0.39, 0.29) is 50.0 Å². The van der Waals surface area contributed by atoms with Crippen LogP contribution in [-0.4, -0.2) is 57.6 Å². The number of amides is 1. The quantitative estimate of drug-likeness (QED) is 0.518. The first-order valence-electron chi connectivity index (χ1n) is 7.70. The number of carbonyl (C=O) groups excluding carboxylic acids is 1. The zero-order valence-electron chi connectivity index (χ0n) is 14.6. The predicted molar refractivity (Wildman–Crippen MR) is 85.4 cm³/mol. The first-order valence-corrected chi connectivity index (χ1v) is 7.70. The van der Waals surface area contributed by atoms with E-state index in [0.29, 0.717) is 6.42 Å². The molecular weight excluding hydrogens is 525 g/mol. The van der Waals surface area contributed by atoms with Crippen LogP contribution in [0.4, 0.5) is 4.79 Å². The molecule has 133 valence electrons. The number of rotatable bonds is 4. The van der Waals surface area contributed by atoms with Gasteiger partial charge in [-0.1, -0.05) is 18.2 Å². The number of aliphatic hydroxyl groups excluding tert-OH is 2. The van der Waals surface area contributed by atoms with Gasteiger partial charge in [-0.3, -0.25) is 4.90 Å². The molecule has 1 fully saturated rings. The summed E-state index contributed by atoms with van der Waals surface area (Å²) >= 11 is 0. The van der Waals surface area contributed by atoms with Gasteiger partial charge < -0.3 is 20.7 Å². The molecule has 1 amide bonds. The third-order valence-electron chi connectivity index (χ3n) is 3.75. The van der Waals surface area contributed by atoms with Crippen LogP contribution in [0.3, 0.4) is 0 Å². The molecule has 1 aliphatic rings. The summed E-state index contributed by atoms with van der Waals surface area (Å²) in [7, 11) is 0. The molecule has 1 rings (SSSR count). The monoisotopic (exact) mass is 551 g/mol. The van der Waals surface area contributed by atoms with Crippen molar-refractivity contribution in [1.29, 1.82) is 5.26 Å². The Morgan fingerprint density at radius 3 is 2.54 bits per heavy atom. The van der Waals surface area contributed by atoms with Gasteiger partial charge in [0.2, 0.25) is 0 Å². The molecule has 0 aromatic heterocycles. The van der Waals surface area contributed by atoms with E-state index in [9.17, 15) is 15.2 Å². The third kappa shape index (κ3) is 5.97. The summed E-state index contributed by atoms with van der Waals surface area (Å²) in [4.78, 5) is 13.7. The summed E-state index contributed by atoms with van der Waals surface area (Å²) in [5, 5.41) is 28.3. The molecule has 1 saturated heterocycles. The molecular formula is C16H26AcN3O4-. The number of nitriles is 1. The van der Waals surface area contributed by atoms with Crippen LogP contribution in [0.5, 0.6) is 0 Å². The Morgan fingerprint density at radius 2 is 2.12 bits per heavy atom. The van der Waals surface area contributed by atoms with Crippen molar-refractivity contribution in [3.8, 4) is 6.07 Å². The summed E-state index contributed by atoms with van der Waals surface area (Å²) in [5.74, 6) is -0.249. The fourth-order valence-corrected chi connectivity index (χ4v) is 2.82. The SMILES string of the molecule is C/C=C\[C@@H]1C[C@H](C#N)N(C(=O)OC(C)(C)C)[C@H]1[C@@H]([NH-])[C@H](O)CO.[Ac]. The van der Waals surface area contributed by atoms with Crippen molar-refractivity contribution in [2.24, 2.45) is 5.92 Å². The maximum Gasteiger partial charge on any atom is 0.411 e. The molecule has 0 unspecified atom stereocenters. The largest absolute Gasteiger partial charge is 0.671 e. The molecule has 24 heavy (non-hydrogen) atoms. The van der Waals surface area contributed by atoms with Gasteiger partial charge in [0.15, 0.2) is 0 Å². The van der Waals surface area contributed by atoms with Gasteiger partial charge in [0.1, 0.15) is 11.6 Å². The van der Waals surface area contributed by atoms with E-state index in [2.05, 4.69) is 6.07 Å². The smallest absolute Gasteiger partial charge is 0.411 e. The van der Waals surface area contributed by atoms with E-state index >= 15 is 0 Å². The molecule has 7 nitrogen and oxygen atoms in total. The van der Waals surface area contributed by atoms with Crippen molar-refractivity contribution in [3.63, 3.8) is 0 Å². The molecule has 0 bridgehead atoms. The van der Waals surface area contributed by atoms with Gasteiger partial charge in [-0.15, -0.1) is 0 Å². The standard InChI is InChI=1S/C16H26N3O4.Ac/c1-5-6-10-7-11(8-17)19(15(22)23-16(2,3)4)14(10)13(18)12(21)9-20;/h5-6,10-14,18,20-21H,7,9H2,1-4H3;/q-1;/b6-5-;/t10-,11-,12-,13+,14-;/m1./s1. The number of carbonyl (C=O) groups is 1. The van der Waals surface area contributed by atoms with Gasteiger partial charge in [0.05, 0.1) is 18.8 Å². The van der Waals surface area contributed by atoms with Crippen LogP contribution in [0.1, 0.15) is 34.1 Å². The maximum atomic E-state index is 12.5. The molecule has 1 radical (unpaired) electrons. The second kappa shape index (κ2) is 10.1. The minimum atomic E-state index is -1.30. The predicted octanol–water partition coefficient (Wildman–Crippen LogP) is 1.85. The minimum Gasteiger partial charge on any atom is -0.671 e. The van der Waals surface area contributed by atoms with Gasteiger partial charge in [0, 0.05) is 50.1 Å². The number of ether oxygens (including phenoxy) is 1. The molecule has 0 spiro atoms. The number of nitrogens with zero attached hydrogens (tertiary/aromatic N) is 2. The minimum absolute atomic E-state index is 0. The Balaban J connectivity index is 0.00000529. The zero-order valence-corrected chi connectivity index (χ0v) is 19.4. The summed E-state index contributed by atoms with van der Waals surface area (Å²) in [6, 6.07) is -0.514. The summed E-state index contributed by atoms with van der Waals surface area (Å²) in [5.41, 5.74) is 7.47. The average molecular weight is 551 g/mol. The number of hydrogen-bond acceptors (Lipinski definition) is 5. The molecule has 0 saturated carbocycles. The molecule has 1 heterocycles. The van der Waals surface area contributed by atoms with Crippen molar-refractivity contribution >= 4 is 6.09 Å². The van der Waals surface area contributed by atoms with Crippen LogP contribution in [0, 0.1) is 61.3 Å². The fourth-order valence-electron chi connectivity index (χ4n) is 2.82. The van der Waals surface area contributed by atoms with Gasteiger partial charge >= 0.3 is 6.09 Å². The van der Waals surface area contributed by atoms with Crippen LogP contribution < -0.4 is 0 Å². The van der Waals surface area contributed by atoms with Crippen LogP contribution in [0.2, 0.25) is 0 Å². The molecule has 8 heteroatoms. The van der Waals surface area contributed by atoms with Crippen LogP contribution in [0.15, 0.2) is 12.2 Å². The Labute approximate surface area is 179 Å². The van der Waals surface area contributed by atoms with Crippen LogP contribution >= 0.6 is 0 Å². The Bertz CT molecular complexity index is 487. The van der Waals surface area contributed by atoms with E-state index < -0.39 is 42.5 Å². The van der Waals surface area contributed by atoms with Crippen molar-refractivity contribution in [2.75, 3.05) is 6.61 Å². The number of nitrogens with one attached hydrogen (secondary N) is 1. The third-order valence-corrected chi connectivity index (χ3v) is 3.75. The first-order chi connectivity index (χ1) is 10.7. The Hall–Kier alpha value is -0.178. The maximum absolute atomic E-state index is 12.5. The number of allylic oxidation sites excluding steroid dienone is 1. The van der Waals surface area contributed by atoms with E-state index in [1.165, 1.54) is 4.90 Å². The van der Waals surface area contributed by atoms with Gasteiger partial charge in [-0.2, -0.15) is 5.26 Å². The van der Waals surface area contributed by atoms with E-state index in [1.54, 1.807) is 26.8 Å². The van der Waals surface area contributed by atoms with E-state index in [4.69, 9.17) is 15.6 Å². The second-order valence-electron chi connectivity index (χ2n) is 6.72. The van der Waals surface area contributed by atoms with Crippen molar-refractivity contribution in [3.05, 3.63) is 17.9 Å². The number of hydrogen-bond donors (Lipinski definition) is 2. The molecule has 0 aromatic carbocycles. The summed E-state index contributed by atoms with van der Waals surface area (Å²) < 4.78 is 5.36. The number of aliphatic hydroxyl groups is 2. The second-order valence-corrected chi connectivity index (χ2v) is 6.72. The summed E-state index contributed by atoms with van der Waals surface area (Å²) in [6.07, 6.45) is 2.02. The molecule has 0 aromatic rings. The van der Waals surface area contributed by atoms with Crippen molar-refractivity contribution in [2.45, 2.75) is 63.9 Å². The Kier molecular flexibility index (Phi) is 10.0. The van der Waals surface area contributed by atoms with Gasteiger partial charge in [-0.25, -0.2) is 4.79 Å². The van der Waals surface area contributed by atoms with Crippen molar-refractivity contribution < 1.29 is 63.8 Å². The summed E-state index contributed by atoms with van der Waals surface area (Å²) in [6.45, 7) is 6.41. The van der Waals surface area contributed by atoms with E-state index in [1.807, 2.05) is 13.0 Å². The van der Waals surface area contributed by atoms with Gasteiger partial charge in [-0.05, 0) is 40.0 Å². The number of likely N-dealkylation sites (tertiary alicyclic amines) is 1. The molecule has 3 N–H and O–H groups in total. The topological polar surface area (TPSA) is 118 Å². The molecule has 1 aliphatic heterocycles. The van der Waals surface area contributed by atoms with Crippen LogP contribution in [0.25, 0.3) is 5.73 Å². The normalized spacial score (nSPS) is 26.6. The Morgan fingerprint density at radius 1 is 1.54 bits per heavy atom. The van der Waals surface area contributed by atoms with Crippen LogP contribution in [-0.2, 0) is 4.74 Å².